The van der Waals surface area contributed by atoms with Crippen LogP contribution in [0, 0.1) is 12.7 Å². The third-order valence-corrected chi connectivity index (χ3v) is 21.0. The van der Waals surface area contributed by atoms with E-state index in [0.717, 1.165) is 96.0 Å². The van der Waals surface area contributed by atoms with Crippen molar-refractivity contribution in [3.8, 4) is 11.1 Å². The molecular weight excluding hydrogens is 1280 g/mol. The van der Waals surface area contributed by atoms with Gasteiger partial charge in [0.05, 0.1) is 39.3 Å². The third kappa shape index (κ3) is 17.7. The van der Waals surface area contributed by atoms with Crippen LogP contribution in [-0.2, 0) is 53.6 Å². The number of alkyl halides is 6. The zero-order chi connectivity index (χ0) is 69.2. The minimum Gasteiger partial charge on any atom is -0.446 e. The van der Waals surface area contributed by atoms with Gasteiger partial charge in [-0.25, -0.2) is 9.18 Å². The average Bonchev–Trinajstić information content (AvgIpc) is 1.61. The monoisotopic (exact) mass is 1370 g/mol. The molecule has 5 amide bonds. The van der Waals surface area contributed by atoms with Gasteiger partial charge in [-0.05, 0) is 142 Å². The molecule has 4 aliphatic rings. The smallest absolute Gasteiger partial charge is 0.416 e. The van der Waals surface area contributed by atoms with Crippen LogP contribution in [0.4, 0.5) is 46.2 Å². The first kappa shape index (κ1) is 71.9. The molecule has 1 N–H and O–H groups in total. The number of hydrogen-bond acceptors (Lipinski definition) is 12. The Bertz CT molecular complexity index is 3680. The molecule has 16 nitrogen and oxygen atoms in total. The number of hydrogen-bond donors (Lipinski definition) is 1. The lowest BCUT2D eigenvalue weighted by atomic mass is 9.72. The van der Waals surface area contributed by atoms with Crippen LogP contribution in [0.15, 0.2) is 127 Å². The molecule has 1 spiro atoms. The summed E-state index contributed by atoms with van der Waals surface area (Å²) >= 11 is 1.43. The van der Waals surface area contributed by atoms with Crippen LogP contribution in [-0.4, -0.2) is 185 Å². The number of anilines is 2. The van der Waals surface area contributed by atoms with Crippen LogP contribution in [0.1, 0.15) is 111 Å². The Morgan fingerprint density at radius 1 is 0.691 bits per heavy atom. The Kier molecular flexibility index (Phi) is 23.2. The zero-order valence-electron chi connectivity index (χ0n) is 55.5. The highest BCUT2D eigenvalue weighted by Crippen LogP contribution is 2.49. The van der Waals surface area contributed by atoms with Gasteiger partial charge in [0.2, 0.25) is 11.8 Å². The first-order valence-corrected chi connectivity index (χ1v) is 33.9. The van der Waals surface area contributed by atoms with Crippen molar-refractivity contribution in [1.29, 1.82) is 0 Å². The van der Waals surface area contributed by atoms with Gasteiger partial charge in [-0.2, -0.15) is 26.3 Å². The number of carbonyl (C=O) groups is 5. The summed E-state index contributed by atoms with van der Waals surface area (Å²) in [6.07, 6.45) is -4.68. The summed E-state index contributed by atoms with van der Waals surface area (Å²) < 4.78 is 116. The number of piperidine rings is 2. The van der Waals surface area contributed by atoms with E-state index in [9.17, 15) is 54.7 Å². The van der Waals surface area contributed by atoms with E-state index in [2.05, 4.69) is 32.1 Å². The fourth-order valence-electron chi connectivity index (χ4n) is 13.7. The number of aryl methyl sites for hydroxylation is 1. The fraction of sp³-hybridized carbons (Fsp3) is 0.466. The first-order valence-electron chi connectivity index (χ1n) is 33.1. The molecule has 0 radical (unpaired) electrons. The second kappa shape index (κ2) is 31.3. The molecule has 0 saturated carbocycles. The van der Waals surface area contributed by atoms with Crippen LogP contribution in [0.3, 0.4) is 0 Å². The maximum atomic E-state index is 14.3. The van der Waals surface area contributed by atoms with E-state index in [-0.39, 0.29) is 68.7 Å². The minimum absolute atomic E-state index is 0.0288. The van der Waals surface area contributed by atoms with Gasteiger partial charge in [0.15, 0.2) is 0 Å². The van der Waals surface area contributed by atoms with Crippen molar-refractivity contribution in [3.05, 3.63) is 177 Å². The Morgan fingerprint density at radius 3 is 2.03 bits per heavy atom. The van der Waals surface area contributed by atoms with Gasteiger partial charge in [0.1, 0.15) is 30.9 Å². The summed E-state index contributed by atoms with van der Waals surface area (Å²) in [6, 6.07) is 33.9. The molecule has 4 heterocycles. The van der Waals surface area contributed by atoms with E-state index in [1.807, 2.05) is 93.8 Å². The number of nitrogens with one attached hydrogen (secondary N) is 1. The van der Waals surface area contributed by atoms with Gasteiger partial charge in [0.25, 0.3) is 11.8 Å². The standard InChI is InChI=1S/C73H85F7N8O8S/c1-50-42-65(84(4)32-15-7-10-22-63(89)82(2)40-41-86-33-27-58(28-34-86)96-69(93)81-61-21-14-12-19-59(61)51-16-8-6-9-17-51)97-66(50)68(92)85(5)39-38-83(3)64(90)47-94-62-45-52-18-11-13-20-60(52)70(62)29-35-87(36-30-70)37-31-71(54-23-25-57(74)26-24-54)48-88(49-95-71)67(91)53-43-55(72(75,76)77)46-56(44-53)73(78,79)80/h6,8-9,11-14,16-21,23-26,42-44,46,58,62H,7,10,15,22,27-41,45,47-49H2,1-5H3,(H,81,93)/t62-,71+/m0/s1. The van der Waals surface area contributed by atoms with Crippen molar-refractivity contribution >= 4 is 51.7 Å². The number of fused-ring (bicyclic) bond motifs is 2. The lowest BCUT2D eigenvalue weighted by molar-refractivity contribution is -0.143. The van der Waals surface area contributed by atoms with Crippen molar-refractivity contribution in [2.24, 2.45) is 0 Å². The van der Waals surface area contributed by atoms with Crippen LogP contribution in [0.25, 0.3) is 11.1 Å². The predicted octanol–water partition coefficient (Wildman–Crippen LogP) is 13.0. The highest BCUT2D eigenvalue weighted by Gasteiger charge is 2.50. The third-order valence-electron chi connectivity index (χ3n) is 19.6. The molecule has 3 saturated heterocycles. The van der Waals surface area contributed by atoms with E-state index in [4.69, 9.17) is 14.2 Å². The number of amides is 5. The van der Waals surface area contributed by atoms with Crippen molar-refractivity contribution in [2.45, 2.75) is 107 Å². The van der Waals surface area contributed by atoms with Crippen molar-refractivity contribution in [1.82, 2.24) is 29.4 Å². The summed E-state index contributed by atoms with van der Waals surface area (Å²) in [5, 5.41) is 3.90. The molecule has 1 aliphatic carbocycles. The second-order valence-corrected chi connectivity index (χ2v) is 27.2. The lowest BCUT2D eigenvalue weighted by Crippen LogP contribution is -2.50. The number of rotatable bonds is 25. The SMILES string of the molecule is Cc1cc(N(C)CCCCCC(=O)N(C)CCN2CCC(OC(=O)Nc3ccccc3-c3ccccc3)CC2)sc1C(=O)N(C)CCN(C)C(=O)CO[C@H]1Cc2ccccc2C12CCN(CC[C@]1(c3ccc(F)cc3)CN(C(=O)c3cc(C(F)(F)F)cc(C(F)(F)F)c3)CO1)CC2. The maximum Gasteiger partial charge on any atom is 0.416 e. The molecule has 2 atom stereocenters. The highest BCUT2D eigenvalue weighted by molar-refractivity contribution is 7.18. The second-order valence-electron chi connectivity index (χ2n) is 26.2. The quantitative estimate of drug-likeness (QED) is 0.0431. The molecule has 0 unspecified atom stereocenters. The van der Waals surface area contributed by atoms with Crippen LogP contribution < -0.4 is 10.2 Å². The van der Waals surface area contributed by atoms with Crippen LogP contribution in [0.2, 0.25) is 0 Å². The van der Waals surface area contributed by atoms with Gasteiger partial charge < -0.3 is 48.5 Å². The van der Waals surface area contributed by atoms with Crippen LogP contribution >= 0.6 is 11.3 Å². The van der Waals surface area contributed by atoms with E-state index in [0.29, 0.717) is 80.1 Å². The minimum atomic E-state index is -5.15. The normalized spacial score (nSPS) is 18.2. The van der Waals surface area contributed by atoms with Gasteiger partial charge in [-0.1, -0.05) is 91.3 Å². The van der Waals surface area contributed by atoms with Crippen molar-refractivity contribution in [3.63, 3.8) is 0 Å². The van der Waals surface area contributed by atoms with E-state index in [1.165, 1.54) is 35.6 Å². The Labute approximate surface area is 566 Å². The molecule has 24 heteroatoms. The van der Waals surface area contributed by atoms with Crippen LogP contribution in [0.5, 0.6) is 0 Å². The number of nitrogens with zero attached hydrogens (tertiary/aromatic N) is 7. The number of unbranched alkanes of at least 4 members (excludes halogenated alkanes) is 2. The fourth-order valence-corrected chi connectivity index (χ4v) is 14.8. The topological polar surface area (TPSA) is 148 Å². The first-order chi connectivity index (χ1) is 46.3. The number of thiophene rings is 1. The lowest BCUT2D eigenvalue weighted by Gasteiger charge is -2.44. The summed E-state index contributed by atoms with van der Waals surface area (Å²) in [6.45, 7) is 6.94. The molecule has 6 aromatic rings. The average molecular weight is 1370 g/mol. The summed E-state index contributed by atoms with van der Waals surface area (Å²) in [5.41, 5.74) is 0.563. The molecule has 5 aromatic carbocycles. The summed E-state index contributed by atoms with van der Waals surface area (Å²) in [4.78, 5) is 80.8. The molecule has 3 aliphatic heterocycles. The van der Waals surface area contributed by atoms with Gasteiger partial charge >= 0.3 is 18.4 Å². The molecule has 520 valence electrons. The number of para-hydroxylation sites is 1. The number of likely N-dealkylation sites (N-methyl/N-ethyl adjacent to an activating group) is 3. The maximum absolute atomic E-state index is 14.3. The molecule has 97 heavy (non-hydrogen) atoms. The number of ether oxygens (including phenoxy) is 3. The largest absolute Gasteiger partial charge is 0.446 e. The zero-order valence-corrected chi connectivity index (χ0v) is 56.3. The Balaban J connectivity index is 0.630. The number of likely N-dealkylation sites (tertiary alicyclic amines) is 2. The molecular formula is C73H85F7N8O8S. The molecule has 0 bridgehead atoms. The summed E-state index contributed by atoms with van der Waals surface area (Å²) in [5.74, 6) is -1.87. The van der Waals surface area contributed by atoms with Gasteiger partial charge in [0, 0.05) is 104 Å². The summed E-state index contributed by atoms with van der Waals surface area (Å²) in [7, 11) is 7.27. The van der Waals surface area contributed by atoms with Crippen molar-refractivity contribution in [2.75, 3.05) is 124 Å². The number of carbonyl (C=O) groups excluding carboxylic acids is 5. The van der Waals surface area contributed by atoms with Gasteiger partial charge in [-0.15, -0.1) is 11.3 Å². The Morgan fingerprint density at radius 2 is 1.33 bits per heavy atom. The molecule has 1 aromatic heterocycles. The van der Waals surface area contributed by atoms with Crippen molar-refractivity contribution < 1.29 is 68.9 Å². The molecule has 3 fully saturated rings. The van der Waals surface area contributed by atoms with E-state index >= 15 is 0 Å². The predicted molar refractivity (Wildman–Crippen MR) is 358 cm³/mol. The highest BCUT2D eigenvalue weighted by atomic mass is 32.1. The number of benzene rings is 5. The molecule has 10 rings (SSSR count). The van der Waals surface area contributed by atoms with E-state index < -0.39 is 64.6 Å². The van der Waals surface area contributed by atoms with Gasteiger partial charge in [-0.3, -0.25) is 24.5 Å². The Hall–Kier alpha value is -7.90. The van der Waals surface area contributed by atoms with E-state index in [1.54, 1.807) is 28.8 Å². The number of halogens is 7.